The number of rotatable bonds is 3. The Labute approximate surface area is 123 Å². The molecule has 0 fully saturated rings. The quantitative estimate of drug-likeness (QED) is 0.825. The minimum Gasteiger partial charge on any atom is -0.384 e. The van der Waals surface area contributed by atoms with Gasteiger partial charge in [-0.25, -0.2) is 4.98 Å². The zero-order valence-electron chi connectivity index (χ0n) is 11.6. The van der Waals surface area contributed by atoms with Crippen molar-refractivity contribution >= 4 is 5.91 Å². The van der Waals surface area contributed by atoms with Gasteiger partial charge in [0.1, 0.15) is 12.3 Å². The molecule has 2 heterocycles. The predicted octanol–water partition coefficient (Wildman–Crippen LogP) is 1.06. The van der Waals surface area contributed by atoms with Gasteiger partial charge in [-0.1, -0.05) is 11.8 Å². The highest BCUT2D eigenvalue weighted by atomic mass is 16.2. The van der Waals surface area contributed by atoms with Gasteiger partial charge in [0.2, 0.25) is 0 Å². The third-order valence-corrected chi connectivity index (χ3v) is 2.89. The molecule has 5 heteroatoms. The number of aromatic nitrogens is 2. The molecule has 2 N–H and O–H groups in total. The maximum atomic E-state index is 12.0. The number of carbonyl (C=O) groups excluding carboxylic acids is 1. The fraction of sp³-hybridized carbons (Fsp3) is 0.188. The van der Waals surface area contributed by atoms with Crippen molar-refractivity contribution in [1.29, 1.82) is 0 Å². The van der Waals surface area contributed by atoms with Crippen LogP contribution in [0.15, 0.2) is 36.8 Å². The standard InChI is InChI=1S/C16H15N3O2/c1-12-6-7-17-10-14(12)11-19-16(21)15-5-4-13(9-18-15)3-2-8-20/h4-7,9-10,20H,8,11H2,1H3,(H,19,21). The van der Waals surface area contributed by atoms with Crippen LogP contribution in [-0.4, -0.2) is 27.6 Å². The summed E-state index contributed by atoms with van der Waals surface area (Å²) in [6.45, 7) is 2.18. The lowest BCUT2D eigenvalue weighted by Crippen LogP contribution is -2.24. The number of aliphatic hydroxyl groups excluding tert-OH is 1. The molecule has 106 valence electrons. The second kappa shape index (κ2) is 7.17. The molecule has 0 atom stereocenters. The van der Waals surface area contributed by atoms with Crippen molar-refractivity contribution in [3.63, 3.8) is 0 Å². The second-order valence-electron chi connectivity index (χ2n) is 4.38. The van der Waals surface area contributed by atoms with Crippen molar-refractivity contribution in [2.75, 3.05) is 6.61 Å². The first-order chi connectivity index (χ1) is 10.2. The average Bonchev–Trinajstić information content (AvgIpc) is 2.52. The summed E-state index contributed by atoms with van der Waals surface area (Å²) in [4.78, 5) is 20.1. The summed E-state index contributed by atoms with van der Waals surface area (Å²) < 4.78 is 0. The molecule has 0 spiro atoms. The number of pyridine rings is 2. The van der Waals surface area contributed by atoms with E-state index in [9.17, 15) is 4.79 Å². The molecule has 0 aliphatic heterocycles. The summed E-state index contributed by atoms with van der Waals surface area (Å²) in [6, 6.07) is 5.20. The van der Waals surface area contributed by atoms with Crippen LogP contribution in [0.1, 0.15) is 27.2 Å². The zero-order chi connectivity index (χ0) is 15.1. The Balaban J connectivity index is 1.99. The normalized spacial score (nSPS) is 9.62. The van der Waals surface area contributed by atoms with Crippen LogP contribution in [0, 0.1) is 18.8 Å². The number of amides is 1. The molecule has 2 rings (SSSR count). The molecule has 0 saturated heterocycles. The van der Waals surface area contributed by atoms with E-state index in [1.807, 2.05) is 13.0 Å². The first-order valence-corrected chi connectivity index (χ1v) is 6.44. The van der Waals surface area contributed by atoms with E-state index in [1.54, 1.807) is 24.5 Å². The van der Waals surface area contributed by atoms with Crippen molar-refractivity contribution in [2.45, 2.75) is 13.5 Å². The molecule has 0 aromatic carbocycles. The van der Waals surface area contributed by atoms with Gasteiger partial charge in [-0.2, -0.15) is 0 Å². The lowest BCUT2D eigenvalue weighted by molar-refractivity contribution is 0.0946. The maximum absolute atomic E-state index is 12.0. The zero-order valence-corrected chi connectivity index (χ0v) is 11.6. The van der Waals surface area contributed by atoms with Crippen LogP contribution in [0.4, 0.5) is 0 Å². The molecule has 0 radical (unpaired) electrons. The summed E-state index contributed by atoms with van der Waals surface area (Å²) >= 11 is 0. The smallest absolute Gasteiger partial charge is 0.270 e. The summed E-state index contributed by atoms with van der Waals surface area (Å²) in [5, 5.41) is 11.4. The van der Waals surface area contributed by atoms with E-state index >= 15 is 0 Å². The molecular weight excluding hydrogens is 266 g/mol. The van der Waals surface area contributed by atoms with Crippen LogP contribution in [-0.2, 0) is 6.54 Å². The number of hydrogen-bond donors (Lipinski definition) is 2. The van der Waals surface area contributed by atoms with Crippen molar-refractivity contribution in [3.05, 3.63) is 59.2 Å². The second-order valence-corrected chi connectivity index (χ2v) is 4.38. The molecule has 0 unspecified atom stereocenters. The van der Waals surface area contributed by atoms with Gasteiger partial charge in [0.15, 0.2) is 0 Å². The SMILES string of the molecule is Cc1ccncc1CNC(=O)c1ccc(C#CCO)cn1. The van der Waals surface area contributed by atoms with Crippen molar-refractivity contribution in [1.82, 2.24) is 15.3 Å². The average molecular weight is 281 g/mol. The minimum atomic E-state index is -0.250. The maximum Gasteiger partial charge on any atom is 0.270 e. The molecule has 0 bridgehead atoms. The molecule has 5 nitrogen and oxygen atoms in total. The Bertz CT molecular complexity index is 685. The highest BCUT2D eigenvalue weighted by Crippen LogP contribution is 2.05. The van der Waals surface area contributed by atoms with Crippen molar-refractivity contribution in [3.8, 4) is 11.8 Å². The van der Waals surface area contributed by atoms with E-state index in [4.69, 9.17) is 5.11 Å². The van der Waals surface area contributed by atoms with Crippen LogP contribution >= 0.6 is 0 Å². The Morgan fingerprint density at radius 1 is 1.33 bits per heavy atom. The van der Waals surface area contributed by atoms with E-state index in [0.29, 0.717) is 17.8 Å². The number of aliphatic hydroxyl groups is 1. The van der Waals surface area contributed by atoms with Gasteiger partial charge in [-0.3, -0.25) is 9.78 Å². The van der Waals surface area contributed by atoms with Crippen LogP contribution in [0.25, 0.3) is 0 Å². The third-order valence-electron chi connectivity index (χ3n) is 2.89. The Hall–Kier alpha value is -2.71. The first kappa shape index (κ1) is 14.7. The van der Waals surface area contributed by atoms with Gasteiger partial charge in [0.05, 0.1) is 0 Å². The lowest BCUT2D eigenvalue weighted by atomic mass is 10.1. The minimum absolute atomic E-state index is 0.202. The predicted molar refractivity (Wildman–Crippen MR) is 78.3 cm³/mol. The highest BCUT2D eigenvalue weighted by Gasteiger charge is 2.07. The third kappa shape index (κ3) is 4.13. The van der Waals surface area contributed by atoms with Gasteiger partial charge >= 0.3 is 0 Å². The first-order valence-electron chi connectivity index (χ1n) is 6.44. The van der Waals surface area contributed by atoms with Gasteiger partial charge in [-0.05, 0) is 36.2 Å². The molecule has 21 heavy (non-hydrogen) atoms. The lowest BCUT2D eigenvalue weighted by Gasteiger charge is -2.06. The van der Waals surface area contributed by atoms with Crippen LogP contribution < -0.4 is 5.32 Å². The number of carbonyl (C=O) groups is 1. The van der Waals surface area contributed by atoms with Crippen molar-refractivity contribution in [2.24, 2.45) is 0 Å². The van der Waals surface area contributed by atoms with Gasteiger partial charge < -0.3 is 10.4 Å². The Kier molecular flexibility index (Phi) is 5.02. The fourth-order valence-corrected chi connectivity index (χ4v) is 1.69. The van der Waals surface area contributed by atoms with Gasteiger partial charge in [0, 0.05) is 30.7 Å². The molecule has 2 aromatic heterocycles. The van der Waals surface area contributed by atoms with Crippen molar-refractivity contribution < 1.29 is 9.90 Å². The topological polar surface area (TPSA) is 75.1 Å². The Morgan fingerprint density at radius 2 is 2.19 bits per heavy atom. The molecule has 2 aromatic rings. The number of nitrogens with one attached hydrogen (secondary N) is 1. The molecule has 1 amide bonds. The fourth-order valence-electron chi connectivity index (χ4n) is 1.69. The van der Waals surface area contributed by atoms with E-state index in [0.717, 1.165) is 11.1 Å². The molecule has 0 aliphatic rings. The summed E-state index contributed by atoms with van der Waals surface area (Å²) in [7, 11) is 0. The molecule has 0 aliphatic carbocycles. The monoisotopic (exact) mass is 281 g/mol. The molecule has 0 saturated carbocycles. The molecular formula is C16H15N3O2. The summed E-state index contributed by atoms with van der Waals surface area (Å²) in [6.07, 6.45) is 4.96. The van der Waals surface area contributed by atoms with E-state index in [-0.39, 0.29) is 12.5 Å². The number of hydrogen-bond acceptors (Lipinski definition) is 4. The number of nitrogens with zero attached hydrogens (tertiary/aromatic N) is 2. The van der Waals surface area contributed by atoms with Crippen LogP contribution in [0.2, 0.25) is 0 Å². The van der Waals surface area contributed by atoms with Gasteiger partial charge in [-0.15, -0.1) is 0 Å². The summed E-state index contributed by atoms with van der Waals surface area (Å²) in [5.41, 5.74) is 3.03. The van der Waals surface area contributed by atoms with E-state index in [2.05, 4.69) is 27.1 Å². The number of aryl methyl sites for hydroxylation is 1. The van der Waals surface area contributed by atoms with E-state index < -0.39 is 0 Å². The van der Waals surface area contributed by atoms with Crippen LogP contribution in [0.3, 0.4) is 0 Å². The summed E-state index contributed by atoms with van der Waals surface area (Å²) in [5.74, 6) is 5.00. The van der Waals surface area contributed by atoms with E-state index in [1.165, 1.54) is 6.20 Å². The van der Waals surface area contributed by atoms with Gasteiger partial charge in [0.25, 0.3) is 5.91 Å². The van der Waals surface area contributed by atoms with Crippen LogP contribution in [0.5, 0.6) is 0 Å². The Morgan fingerprint density at radius 3 is 2.86 bits per heavy atom. The highest BCUT2D eigenvalue weighted by molar-refractivity contribution is 5.92. The largest absolute Gasteiger partial charge is 0.384 e.